The Balaban J connectivity index is 2.89. The lowest BCUT2D eigenvalue weighted by Crippen LogP contribution is -1.89. The molecule has 1 heterocycles. The van der Waals surface area contributed by atoms with Crippen LogP contribution in [0, 0.1) is 11.8 Å². The Morgan fingerprint density at radius 3 is 3.00 bits per heavy atom. The Morgan fingerprint density at radius 2 is 2.31 bits per heavy atom. The van der Waals surface area contributed by atoms with E-state index in [4.69, 9.17) is 28.9 Å². The minimum atomic E-state index is 0.372. The van der Waals surface area contributed by atoms with Gasteiger partial charge in [-0.05, 0) is 6.07 Å². The topological polar surface area (TPSA) is 38.9 Å². The lowest BCUT2D eigenvalue weighted by Gasteiger charge is -1.95. The molecular weight excluding hydrogens is 207 g/mol. The van der Waals surface area contributed by atoms with E-state index in [1.54, 1.807) is 6.07 Å². The van der Waals surface area contributed by atoms with Crippen LogP contribution in [0.4, 0.5) is 5.69 Å². The summed E-state index contributed by atoms with van der Waals surface area (Å²) in [5, 5.41) is 0.372. The van der Waals surface area contributed by atoms with Crippen LogP contribution in [0.15, 0.2) is 12.3 Å². The van der Waals surface area contributed by atoms with Gasteiger partial charge in [-0.2, -0.15) is 0 Å². The van der Waals surface area contributed by atoms with Gasteiger partial charge in [0.15, 0.2) is 0 Å². The standard InChI is InChI=1S/C9H8Cl2N2/c10-4-2-1-3-7-5-8(12)6-13-9(7)11/h5-6H,2,4,12H2. The summed E-state index contributed by atoms with van der Waals surface area (Å²) < 4.78 is 0. The van der Waals surface area contributed by atoms with E-state index in [1.165, 1.54) is 6.20 Å². The molecule has 0 aliphatic carbocycles. The number of rotatable bonds is 1. The zero-order valence-corrected chi connectivity index (χ0v) is 8.36. The fourth-order valence-corrected chi connectivity index (χ4v) is 1.00. The summed E-state index contributed by atoms with van der Waals surface area (Å²) in [6, 6.07) is 1.69. The summed E-state index contributed by atoms with van der Waals surface area (Å²) in [5.41, 5.74) is 6.72. The minimum Gasteiger partial charge on any atom is -0.397 e. The van der Waals surface area contributed by atoms with Gasteiger partial charge in [-0.15, -0.1) is 11.6 Å². The Labute approximate surface area is 87.1 Å². The lowest BCUT2D eigenvalue weighted by atomic mass is 10.2. The number of hydrogen-bond acceptors (Lipinski definition) is 2. The van der Waals surface area contributed by atoms with Crippen LogP contribution < -0.4 is 5.73 Å². The molecule has 0 saturated carbocycles. The van der Waals surface area contributed by atoms with E-state index in [9.17, 15) is 0 Å². The monoisotopic (exact) mass is 214 g/mol. The molecule has 4 heteroatoms. The first kappa shape index (κ1) is 10.2. The van der Waals surface area contributed by atoms with Crippen LogP contribution in [0.5, 0.6) is 0 Å². The van der Waals surface area contributed by atoms with Gasteiger partial charge in [0.05, 0.1) is 17.4 Å². The first-order chi connectivity index (χ1) is 6.24. The number of halogens is 2. The van der Waals surface area contributed by atoms with Crippen molar-refractivity contribution in [1.82, 2.24) is 4.98 Å². The van der Waals surface area contributed by atoms with Crippen molar-refractivity contribution < 1.29 is 0 Å². The van der Waals surface area contributed by atoms with Crippen molar-refractivity contribution in [2.45, 2.75) is 6.42 Å². The second-order valence-corrected chi connectivity index (χ2v) is 3.08. The van der Waals surface area contributed by atoms with E-state index in [0.717, 1.165) is 0 Å². The van der Waals surface area contributed by atoms with Crippen molar-refractivity contribution in [1.29, 1.82) is 0 Å². The van der Waals surface area contributed by atoms with E-state index in [1.807, 2.05) is 0 Å². The van der Waals surface area contributed by atoms with Crippen molar-refractivity contribution >= 4 is 28.9 Å². The van der Waals surface area contributed by atoms with Crippen LogP contribution in [0.2, 0.25) is 5.15 Å². The van der Waals surface area contributed by atoms with Gasteiger partial charge >= 0.3 is 0 Å². The molecule has 0 aliphatic rings. The molecule has 13 heavy (non-hydrogen) atoms. The molecule has 2 N–H and O–H groups in total. The zero-order valence-electron chi connectivity index (χ0n) is 6.85. The molecule has 0 aromatic carbocycles. The van der Waals surface area contributed by atoms with E-state index in [-0.39, 0.29) is 0 Å². The molecule has 0 spiro atoms. The number of anilines is 1. The molecule has 1 aromatic rings. The molecule has 0 radical (unpaired) electrons. The van der Waals surface area contributed by atoms with Gasteiger partial charge in [0.2, 0.25) is 0 Å². The highest BCUT2D eigenvalue weighted by Crippen LogP contribution is 2.13. The quantitative estimate of drug-likeness (QED) is 0.443. The van der Waals surface area contributed by atoms with Crippen LogP contribution in [0.3, 0.4) is 0 Å². The molecule has 2 nitrogen and oxygen atoms in total. The second-order valence-electron chi connectivity index (χ2n) is 2.35. The highest BCUT2D eigenvalue weighted by atomic mass is 35.5. The van der Waals surface area contributed by atoms with Crippen LogP contribution in [0.25, 0.3) is 0 Å². The number of nitrogen functional groups attached to an aromatic ring is 1. The summed E-state index contributed by atoms with van der Waals surface area (Å²) in [7, 11) is 0. The molecule has 68 valence electrons. The van der Waals surface area contributed by atoms with Gasteiger partial charge < -0.3 is 5.73 Å². The van der Waals surface area contributed by atoms with Crippen molar-refractivity contribution in [3.63, 3.8) is 0 Å². The van der Waals surface area contributed by atoms with Gasteiger partial charge in [-0.1, -0.05) is 23.4 Å². The average molecular weight is 215 g/mol. The largest absolute Gasteiger partial charge is 0.397 e. The number of hydrogen-bond donors (Lipinski definition) is 1. The van der Waals surface area contributed by atoms with Gasteiger partial charge in [0.25, 0.3) is 0 Å². The molecule has 0 bridgehead atoms. The predicted molar refractivity (Wildman–Crippen MR) is 55.9 cm³/mol. The van der Waals surface area contributed by atoms with E-state index >= 15 is 0 Å². The number of pyridine rings is 1. The maximum atomic E-state index is 5.77. The highest BCUT2D eigenvalue weighted by molar-refractivity contribution is 6.30. The molecule has 0 aliphatic heterocycles. The minimum absolute atomic E-state index is 0.372. The maximum Gasteiger partial charge on any atom is 0.144 e. The third kappa shape index (κ3) is 3.14. The number of alkyl halides is 1. The van der Waals surface area contributed by atoms with Crippen molar-refractivity contribution in [3.05, 3.63) is 23.0 Å². The first-order valence-electron chi connectivity index (χ1n) is 3.70. The summed E-state index contributed by atoms with van der Waals surface area (Å²) in [5.74, 6) is 6.22. The molecule has 0 unspecified atom stereocenters. The molecule has 0 atom stereocenters. The normalized spacial score (nSPS) is 9.08. The summed E-state index contributed by atoms with van der Waals surface area (Å²) in [6.45, 7) is 0. The number of aromatic nitrogens is 1. The third-order valence-corrected chi connectivity index (χ3v) is 1.79. The highest BCUT2D eigenvalue weighted by Gasteiger charge is 1.97. The Kier molecular flexibility index (Phi) is 3.88. The number of nitrogens with zero attached hydrogens (tertiary/aromatic N) is 1. The first-order valence-corrected chi connectivity index (χ1v) is 4.61. The summed E-state index contributed by atoms with van der Waals surface area (Å²) in [6.07, 6.45) is 2.13. The van der Waals surface area contributed by atoms with Crippen LogP contribution in [-0.4, -0.2) is 10.9 Å². The fraction of sp³-hybridized carbons (Fsp3) is 0.222. The smallest absolute Gasteiger partial charge is 0.144 e. The van der Waals surface area contributed by atoms with Crippen LogP contribution in [0.1, 0.15) is 12.0 Å². The summed E-state index contributed by atoms with van der Waals surface area (Å²) in [4.78, 5) is 3.86. The molecule has 0 fully saturated rings. The molecule has 1 rings (SSSR count). The van der Waals surface area contributed by atoms with Gasteiger partial charge in [-0.3, -0.25) is 0 Å². The fourth-order valence-electron chi connectivity index (χ4n) is 0.757. The molecule has 0 saturated heterocycles. The Bertz CT molecular complexity index is 352. The van der Waals surface area contributed by atoms with E-state index in [2.05, 4.69) is 16.8 Å². The Hall–Kier alpha value is -0.910. The van der Waals surface area contributed by atoms with Crippen LogP contribution >= 0.6 is 23.2 Å². The SMILES string of the molecule is Nc1cnc(Cl)c(C#CCCCl)c1. The Morgan fingerprint density at radius 1 is 1.54 bits per heavy atom. The molecular formula is C9H8Cl2N2. The van der Waals surface area contributed by atoms with Gasteiger partial charge in [-0.25, -0.2) is 4.98 Å². The van der Waals surface area contributed by atoms with Gasteiger partial charge in [0.1, 0.15) is 5.15 Å². The predicted octanol–water partition coefficient (Wildman–Crippen LogP) is 2.30. The summed E-state index contributed by atoms with van der Waals surface area (Å²) >= 11 is 11.2. The van der Waals surface area contributed by atoms with Crippen molar-refractivity contribution in [3.8, 4) is 11.8 Å². The second kappa shape index (κ2) is 4.96. The zero-order chi connectivity index (χ0) is 9.68. The maximum absolute atomic E-state index is 5.77. The third-order valence-electron chi connectivity index (χ3n) is 1.30. The van der Waals surface area contributed by atoms with Crippen molar-refractivity contribution in [2.75, 3.05) is 11.6 Å². The number of nitrogens with two attached hydrogens (primary N) is 1. The average Bonchev–Trinajstić information content (AvgIpc) is 2.11. The van der Waals surface area contributed by atoms with E-state index in [0.29, 0.717) is 28.7 Å². The van der Waals surface area contributed by atoms with Gasteiger partial charge in [0, 0.05) is 12.3 Å². The molecule has 1 aromatic heterocycles. The lowest BCUT2D eigenvalue weighted by molar-refractivity contribution is 1.28. The van der Waals surface area contributed by atoms with Crippen molar-refractivity contribution in [2.24, 2.45) is 0 Å². The van der Waals surface area contributed by atoms with Crippen LogP contribution in [-0.2, 0) is 0 Å². The molecule has 0 amide bonds. The van der Waals surface area contributed by atoms with E-state index < -0.39 is 0 Å².